The van der Waals surface area contributed by atoms with E-state index in [-0.39, 0.29) is 17.2 Å². The molecule has 2 heterocycles. The van der Waals surface area contributed by atoms with E-state index in [1.54, 1.807) is 48.5 Å². The van der Waals surface area contributed by atoms with E-state index in [0.29, 0.717) is 23.5 Å². The first-order chi connectivity index (χ1) is 15.5. The third-order valence-corrected chi connectivity index (χ3v) is 5.02. The zero-order valence-electron chi connectivity index (χ0n) is 16.9. The van der Waals surface area contributed by atoms with E-state index in [1.165, 1.54) is 35.4 Å². The number of halogens is 1. The molecule has 4 rings (SSSR count). The number of amides is 1. The molecule has 0 radical (unpaired) electrons. The molecule has 1 aromatic heterocycles. The van der Waals surface area contributed by atoms with Crippen LogP contribution in [0.3, 0.4) is 0 Å². The van der Waals surface area contributed by atoms with E-state index >= 15 is 0 Å². The molecular weight excluding hydrogens is 411 g/mol. The Labute approximate surface area is 183 Å². The van der Waals surface area contributed by atoms with E-state index < -0.39 is 23.5 Å². The molecule has 1 unspecified atom stereocenters. The van der Waals surface area contributed by atoms with Gasteiger partial charge in [-0.1, -0.05) is 30.9 Å². The van der Waals surface area contributed by atoms with Gasteiger partial charge in [-0.05, 0) is 54.1 Å². The summed E-state index contributed by atoms with van der Waals surface area (Å²) in [6, 6.07) is 15.9. The molecule has 32 heavy (non-hydrogen) atoms. The summed E-state index contributed by atoms with van der Waals surface area (Å²) < 4.78 is 19.0. The van der Waals surface area contributed by atoms with Gasteiger partial charge in [0.1, 0.15) is 29.8 Å². The molecule has 1 saturated heterocycles. The van der Waals surface area contributed by atoms with Crippen LogP contribution in [0.1, 0.15) is 17.2 Å². The highest BCUT2D eigenvalue weighted by Gasteiger charge is 2.47. The molecule has 1 amide bonds. The Morgan fingerprint density at radius 1 is 1.09 bits per heavy atom. The fourth-order valence-electron chi connectivity index (χ4n) is 3.55. The van der Waals surface area contributed by atoms with Gasteiger partial charge in [0.2, 0.25) is 0 Å². The van der Waals surface area contributed by atoms with Crippen LogP contribution in [-0.2, 0) is 9.59 Å². The van der Waals surface area contributed by atoms with Gasteiger partial charge >= 0.3 is 5.91 Å². The third-order valence-electron chi connectivity index (χ3n) is 5.02. The molecule has 2 aromatic carbocycles. The molecule has 1 aliphatic rings. The summed E-state index contributed by atoms with van der Waals surface area (Å²) in [4.78, 5) is 31.4. The molecule has 1 fully saturated rings. The summed E-state index contributed by atoms with van der Waals surface area (Å²) in [7, 11) is 0. The van der Waals surface area contributed by atoms with Crippen molar-refractivity contribution in [1.29, 1.82) is 0 Å². The van der Waals surface area contributed by atoms with Crippen LogP contribution in [0.2, 0.25) is 0 Å². The van der Waals surface area contributed by atoms with Gasteiger partial charge in [-0.15, -0.1) is 0 Å². The van der Waals surface area contributed by atoms with Crippen molar-refractivity contribution in [3.05, 3.63) is 108 Å². The first kappa shape index (κ1) is 21.0. The van der Waals surface area contributed by atoms with Gasteiger partial charge in [-0.2, -0.15) is 0 Å². The second-order valence-corrected chi connectivity index (χ2v) is 7.03. The molecule has 0 bridgehead atoms. The number of hydrogen-bond donors (Lipinski definition) is 1. The number of carbonyl (C=O) groups is 2. The number of carbonyl (C=O) groups excluding carboxylic acids is 2. The van der Waals surface area contributed by atoms with Crippen molar-refractivity contribution in [2.75, 3.05) is 11.5 Å². The number of aliphatic hydroxyl groups excluding tert-OH is 1. The summed E-state index contributed by atoms with van der Waals surface area (Å²) >= 11 is 0. The van der Waals surface area contributed by atoms with E-state index in [2.05, 4.69) is 11.6 Å². The zero-order chi connectivity index (χ0) is 22.7. The minimum absolute atomic E-state index is 0.105. The van der Waals surface area contributed by atoms with Crippen LogP contribution in [-0.4, -0.2) is 28.4 Å². The van der Waals surface area contributed by atoms with Crippen LogP contribution >= 0.6 is 0 Å². The number of aliphatic hydroxyl groups is 1. The van der Waals surface area contributed by atoms with Crippen molar-refractivity contribution < 1.29 is 23.8 Å². The van der Waals surface area contributed by atoms with E-state index in [9.17, 15) is 19.1 Å². The number of aromatic nitrogens is 1. The summed E-state index contributed by atoms with van der Waals surface area (Å²) in [5.41, 5.74) is 0.692. The van der Waals surface area contributed by atoms with Gasteiger partial charge in [0, 0.05) is 11.8 Å². The summed E-state index contributed by atoms with van der Waals surface area (Å²) in [5.74, 6) is -1.67. The number of hydrogen-bond acceptors (Lipinski definition) is 5. The normalized spacial score (nSPS) is 17.4. The summed E-state index contributed by atoms with van der Waals surface area (Å²) in [6.07, 6.45) is 3.11. The molecule has 0 spiro atoms. The Balaban J connectivity index is 1.84. The molecule has 1 atom stereocenters. The monoisotopic (exact) mass is 430 g/mol. The topological polar surface area (TPSA) is 79.7 Å². The van der Waals surface area contributed by atoms with Gasteiger partial charge in [-0.3, -0.25) is 14.5 Å². The molecule has 0 saturated carbocycles. The SMILES string of the molecule is C=CCOc1ccc(/C(O)=C2/C(=O)C(=O)N(c3ccccn3)C2c2ccc(F)cc2)cc1. The molecule has 160 valence electrons. The van der Waals surface area contributed by atoms with E-state index in [0.717, 1.165) is 0 Å². The number of ketones is 1. The number of pyridine rings is 1. The van der Waals surface area contributed by atoms with Crippen molar-refractivity contribution in [2.45, 2.75) is 6.04 Å². The van der Waals surface area contributed by atoms with Crippen LogP contribution in [0, 0.1) is 5.82 Å². The van der Waals surface area contributed by atoms with Crippen molar-refractivity contribution in [2.24, 2.45) is 0 Å². The van der Waals surface area contributed by atoms with Crippen LogP contribution in [0.4, 0.5) is 10.2 Å². The Morgan fingerprint density at radius 3 is 2.44 bits per heavy atom. The van der Waals surface area contributed by atoms with Crippen molar-refractivity contribution in [3.63, 3.8) is 0 Å². The molecule has 0 aliphatic carbocycles. The number of ether oxygens (including phenoxy) is 1. The fraction of sp³-hybridized carbons (Fsp3) is 0.0800. The fourth-order valence-corrected chi connectivity index (χ4v) is 3.55. The number of nitrogens with zero attached hydrogens (tertiary/aromatic N) is 2. The minimum Gasteiger partial charge on any atom is -0.507 e. The van der Waals surface area contributed by atoms with Crippen molar-refractivity contribution in [1.82, 2.24) is 4.98 Å². The second kappa shape index (κ2) is 8.85. The Bertz CT molecular complexity index is 1190. The number of Topliss-reactive ketones (excluding diaryl/α,β-unsaturated/α-hetero) is 1. The number of rotatable bonds is 6. The lowest BCUT2D eigenvalue weighted by Crippen LogP contribution is -2.30. The lowest BCUT2D eigenvalue weighted by molar-refractivity contribution is -0.132. The predicted octanol–water partition coefficient (Wildman–Crippen LogP) is 4.41. The smallest absolute Gasteiger partial charge is 0.301 e. The molecule has 7 heteroatoms. The summed E-state index contributed by atoms with van der Waals surface area (Å²) in [6.45, 7) is 3.91. The first-order valence-corrected chi connectivity index (χ1v) is 9.83. The van der Waals surface area contributed by atoms with E-state index in [1.807, 2.05) is 0 Å². The minimum atomic E-state index is -0.970. The van der Waals surface area contributed by atoms with Crippen molar-refractivity contribution in [3.8, 4) is 5.75 Å². The number of benzene rings is 2. The maximum atomic E-state index is 13.6. The lowest BCUT2D eigenvalue weighted by Gasteiger charge is -2.24. The Morgan fingerprint density at radius 2 is 1.81 bits per heavy atom. The molecule has 3 aromatic rings. The lowest BCUT2D eigenvalue weighted by atomic mass is 9.95. The van der Waals surface area contributed by atoms with Crippen LogP contribution < -0.4 is 9.64 Å². The van der Waals surface area contributed by atoms with Gasteiger partial charge in [-0.25, -0.2) is 9.37 Å². The summed E-state index contributed by atoms with van der Waals surface area (Å²) in [5, 5.41) is 11.1. The Kier molecular flexibility index (Phi) is 5.81. The number of anilines is 1. The maximum absolute atomic E-state index is 13.6. The third kappa shape index (κ3) is 3.88. The highest BCUT2D eigenvalue weighted by Crippen LogP contribution is 2.41. The standard InChI is InChI=1S/C25H19FN2O4/c1-2-15-32-19-12-8-17(9-13-19)23(29)21-22(16-6-10-18(26)11-7-16)28(25(31)24(21)30)20-5-3-4-14-27-20/h2-14,22,29H,1,15H2/b23-21-. The van der Waals surface area contributed by atoms with Crippen molar-refractivity contribution >= 4 is 23.3 Å². The second-order valence-electron chi connectivity index (χ2n) is 7.03. The predicted molar refractivity (Wildman–Crippen MR) is 118 cm³/mol. The average Bonchev–Trinajstić information content (AvgIpc) is 3.09. The van der Waals surface area contributed by atoms with Gasteiger partial charge in [0.05, 0.1) is 11.6 Å². The maximum Gasteiger partial charge on any atom is 0.301 e. The van der Waals surface area contributed by atoms with Crippen LogP contribution in [0.5, 0.6) is 5.75 Å². The molecular formula is C25H19FN2O4. The van der Waals surface area contributed by atoms with Crippen LogP contribution in [0.25, 0.3) is 5.76 Å². The largest absolute Gasteiger partial charge is 0.507 e. The quantitative estimate of drug-likeness (QED) is 0.271. The van der Waals surface area contributed by atoms with Crippen LogP contribution in [0.15, 0.2) is 91.2 Å². The highest BCUT2D eigenvalue weighted by atomic mass is 19.1. The van der Waals surface area contributed by atoms with Gasteiger partial charge < -0.3 is 9.84 Å². The highest BCUT2D eigenvalue weighted by molar-refractivity contribution is 6.51. The van der Waals surface area contributed by atoms with Gasteiger partial charge in [0.15, 0.2) is 0 Å². The Hall–Kier alpha value is -4.26. The van der Waals surface area contributed by atoms with E-state index in [4.69, 9.17) is 4.74 Å². The zero-order valence-corrected chi connectivity index (χ0v) is 16.9. The first-order valence-electron chi connectivity index (χ1n) is 9.83. The molecule has 6 nitrogen and oxygen atoms in total. The molecule has 1 N–H and O–H groups in total. The molecule has 1 aliphatic heterocycles. The average molecular weight is 430 g/mol. The van der Waals surface area contributed by atoms with Gasteiger partial charge in [0.25, 0.3) is 5.78 Å².